The molecule has 0 fully saturated rings. The Labute approximate surface area is 169 Å². The lowest BCUT2D eigenvalue weighted by molar-refractivity contribution is 0.0722. The second-order valence-corrected chi connectivity index (χ2v) is 7.48. The van der Waals surface area contributed by atoms with Gasteiger partial charge in [-0.3, -0.25) is 9.59 Å². The molecular formula is C22H18F2N4O2. The van der Waals surface area contributed by atoms with Gasteiger partial charge in [0.15, 0.2) is 11.6 Å². The smallest absolute Gasteiger partial charge is 0.256 e. The van der Waals surface area contributed by atoms with Crippen LogP contribution in [0, 0.1) is 11.6 Å². The lowest BCUT2D eigenvalue weighted by atomic mass is 9.93. The van der Waals surface area contributed by atoms with Gasteiger partial charge in [0.2, 0.25) is 0 Å². The maximum atomic E-state index is 14.0. The van der Waals surface area contributed by atoms with Crippen molar-refractivity contribution in [3.63, 3.8) is 0 Å². The summed E-state index contributed by atoms with van der Waals surface area (Å²) in [4.78, 5) is 29.9. The molecule has 152 valence electrons. The van der Waals surface area contributed by atoms with Crippen molar-refractivity contribution in [1.82, 2.24) is 19.6 Å². The van der Waals surface area contributed by atoms with Crippen molar-refractivity contribution in [1.29, 1.82) is 0 Å². The van der Waals surface area contributed by atoms with Crippen molar-refractivity contribution >= 4 is 22.2 Å². The van der Waals surface area contributed by atoms with Crippen LogP contribution >= 0.6 is 0 Å². The average Bonchev–Trinajstić information content (AvgIpc) is 3.21. The third-order valence-corrected chi connectivity index (χ3v) is 5.72. The number of rotatable bonds is 2. The number of fused-ring (bicyclic) bond motifs is 4. The van der Waals surface area contributed by atoms with Crippen molar-refractivity contribution < 1.29 is 13.6 Å². The third kappa shape index (κ3) is 2.80. The lowest BCUT2D eigenvalue weighted by Gasteiger charge is -2.34. The van der Waals surface area contributed by atoms with Crippen LogP contribution in [-0.4, -0.2) is 33.8 Å². The minimum Gasteiger partial charge on any atom is -0.333 e. The molecule has 1 aliphatic rings. The Morgan fingerprint density at radius 3 is 2.73 bits per heavy atom. The van der Waals surface area contributed by atoms with Crippen LogP contribution in [0.15, 0.2) is 53.6 Å². The first-order valence-corrected chi connectivity index (χ1v) is 9.52. The van der Waals surface area contributed by atoms with E-state index in [1.54, 1.807) is 24.2 Å². The van der Waals surface area contributed by atoms with Crippen molar-refractivity contribution in [3.8, 4) is 0 Å². The summed E-state index contributed by atoms with van der Waals surface area (Å²) in [5.41, 5.74) is 2.17. The highest BCUT2D eigenvalue weighted by Crippen LogP contribution is 2.32. The zero-order chi connectivity index (χ0) is 21.0. The number of amides is 1. The molecule has 1 atom stereocenters. The number of pyridine rings is 2. The molecule has 6 nitrogen and oxygen atoms in total. The number of halogens is 2. The topological polar surface area (TPSA) is 69.6 Å². The third-order valence-electron chi connectivity index (χ3n) is 5.72. The normalized spacial score (nSPS) is 16.0. The predicted octanol–water partition coefficient (Wildman–Crippen LogP) is 2.98. The number of H-pyrrole nitrogens is 1. The van der Waals surface area contributed by atoms with Gasteiger partial charge in [-0.2, -0.15) is 0 Å². The molecule has 1 amide bonds. The largest absolute Gasteiger partial charge is 0.333 e. The molecule has 0 unspecified atom stereocenters. The first kappa shape index (κ1) is 18.5. The maximum Gasteiger partial charge on any atom is 0.256 e. The van der Waals surface area contributed by atoms with E-state index in [-0.39, 0.29) is 11.3 Å². The van der Waals surface area contributed by atoms with Crippen LogP contribution in [0.5, 0.6) is 0 Å². The monoisotopic (exact) mass is 408 g/mol. The van der Waals surface area contributed by atoms with Crippen molar-refractivity contribution in [2.24, 2.45) is 0 Å². The maximum absolute atomic E-state index is 14.0. The molecule has 0 saturated carbocycles. The molecule has 0 saturated heterocycles. The highest BCUT2D eigenvalue weighted by molar-refractivity contribution is 5.95. The highest BCUT2D eigenvalue weighted by atomic mass is 19.2. The highest BCUT2D eigenvalue weighted by Gasteiger charge is 2.30. The van der Waals surface area contributed by atoms with Crippen LogP contribution < -0.4 is 10.9 Å². The summed E-state index contributed by atoms with van der Waals surface area (Å²) >= 11 is 0. The second kappa shape index (κ2) is 6.77. The van der Waals surface area contributed by atoms with Crippen molar-refractivity contribution in [2.45, 2.75) is 12.6 Å². The Hall–Kier alpha value is -3.52. The minimum atomic E-state index is -1.08. The predicted molar refractivity (Wildman–Crippen MR) is 108 cm³/mol. The van der Waals surface area contributed by atoms with E-state index in [1.165, 1.54) is 0 Å². The number of nitrogens with one attached hydrogen (secondary N) is 2. The number of carbonyl (C=O) groups is 1. The van der Waals surface area contributed by atoms with Gasteiger partial charge < -0.3 is 19.6 Å². The number of carbonyl (C=O) groups excluding carboxylic acids is 1. The van der Waals surface area contributed by atoms with Gasteiger partial charge in [-0.25, -0.2) is 8.78 Å². The fraction of sp³-hybridized carbons (Fsp3) is 0.182. The molecule has 3 aromatic heterocycles. The SMILES string of the molecule is CN(C(=O)c1ccc2cccn2c1)[C@H]1CNCc2[nH]c(=O)c3cc(F)c(F)cc3c21. The van der Waals surface area contributed by atoms with Crippen LogP contribution in [0.25, 0.3) is 16.3 Å². The van der Waals surface area contributed by atoms with Gasteiger partial charge in [0.1, 0.15) is 0 Å². The molecule has 8 heteroatoms. The van der Waals surface area contributed by atoms with Gasteiger partial charge in [-0.15, -0.1) is 0 Å². The molecule has 0 radical (unpaired) electrons. The Morgan fingerprint density at radius 2 is 1.93 bits per heavy atom. The van der Waals surface area contributed by atoms with Crippen LogP contribution in [0.4, 0.5) is 8.78 Å². The number of hydrogen-bond acceptors (Lipinski definition) is 3. The summed E-state index contributed by atoms with van der Waals surface area (Å²) in [6.07, 6.45) is 3.62. The Morgan fingerprint density at radius 1 is 1.17 bits per heavy atom. The van der Waals surface area contributed by atoms with E-state index in [0.29, 0.717) is 35.3 Å². The summed E-state index contributed by atoms with van der Waals surface area (Å²) < 4.78 is 29.7. The summed E-state index contributed by atoms with van der Waals surface area (Å²) in [6, 6.07) is 8.93. The molecule has 0 spiro atoms. The Balaban J connectivity index is 1.62. The van der Waals surface area contributed by atoms with Gasteiger partial charge >= 0.3 is 0 Å². The van der Waals surface area contributed by atoms with Crippen LogP contribution in [0.2, 0.25) is 0 Å². The first-order valence-electron chi connectivity index (χ1n) is 9.52. The van der Waals surface area contributed by atoms with E-state index in [4.69, 9.17) is 0 Å². The van der Waals surface area contributed by atoms with E-state index in [0.717, 1.165) is 17.6 Å². The number of likely N-dealkylation sites (N-methyl/N-ethyl adjacent to an activating group) is 1. The minimum absolute atomic E-state index is 0.0640. The summed E-state index contributed by atoms with van der Waals surface area (Å²) in [5.74, 6) is -2.32. The van der Waals surface area contributed by atoms with Crippen LogP contribution in [0.3, 0.4) is 0 Å². The zero-order valence-electron chi connectivity index (χ0n) is 16.1. The molecule has 4 heterocycles. The Kier molecular flexibility index (Phi) is 4.18. The molecule has 2 N–H and O–H groups in total. The summed E-state index contributed by atoms with van der Waals surface area (Å²) in [5, 5.41) is 3.57. The summed E-state index contributed by atoms with van der Waals surface area (Å²) in [6.45, 7) is 0.786. The molecule has 1 aromatic carbocycles. The number of hydrogen-bond donors (Lipinski definition) is 2. The number of aromatic nitrogens is 2. The molecule has 0 bridgehead atoms. The van der Waals surface area contributed by atoms with Gasteiger partial charge in [0.25, 0.3) is 11.5 Å². The van der Waals surface area contributed by atoms with Crippen LogP contribution in [0.1, 0.15) is 27.7 Å². The molecular weight excluding hydrogens is 390 g/mol. The molecule has 30 heavy (non-hydrogen) atoms. The molecule has 4 aromatic rings. The second-order valence-electron chi connectivity index (χ2n) is 7.48. The first-order chi connectivity index (χ1) is 14.4. The average molecular weight is 408 g/mol. The van der Waals surface area contributed by atoms with Gasteiger partial charge in [0.05, 0.1) is 17.0 Å². The van der Waals surface area contributed by atoms with Gasteiger partial charge in [-0.05, 0) is 41.8 Å². The van der Waals surface area contributed by atoms with E-state index >= 15 is 0 Å². The molecule has 5 rings (SSSR count). The fourth-order valence-corrected chi connectivity index (χ4v) is 4.18. The van der Waals surface area contributed by atoms with E-state index < -0.39 is 23.2 Å². The van der Waals surface area contributed by atoms with Crippen molar-refractivity contribution in [2.75, 3.05) is 13.6 Å². The number of nitrogens with zero attached hydrogens (tertiary/aromatic N) is 2. The van der Waals surface area contributed by atoms with Gasteiger partial charge in [-0.1, -0.05) is 0 Å². The van der Waals surface area contributed by atoms with Gasteiger partial charge in [0, 0.05) is 49.3 Å². The summed E-state index contributed by atoms with van der Waals surface area (Å²) in [7, 11) is 1.67. The van der Waals surface area contributed by atoms with Crippen molar-refractivity contribution in [3.05, 3.63) is 87.6 Å². The lowest BCUT2D eigenvalue weighted by Crippen LogP contribution is -2.42. The van der Waals surface area contributed by atoms with E-state index in [1.807, 2.05) is 28.8 Å². The van der Waals surface area contributed by atoms with E-state index in [2.05, 4.69) is 10.3 Å². The number of aromatic amines is 1. The quantitative estimate of drug-likeness (QED) is 0.536. The Bertz CT molecular complexity index is 1380. The molecule has 0 aliphatic carbocycles. The van der Waals surface area contributed by atoms with E-state index in [9.17, 15) is 18.4 Å². The zero-order valence-corrected chi connectivity index (χ0v) is 16.1. The van der Waals surface area contributed by atoms with Crippen LogP contribution in [-0.2, 0) is 6.54 Å². The fourth-order valence-electron chi connectivity index (χ4n) is 4.18. The number of benzene rings is 1. The molecule has 1 aliphatic heterocycles. The standard InChI is InChI=1S/C22H18F2N4O2/c1-27(22(30)12-4-5-13-3-2-6-28(13)11-12)19-10-25-9-18-20(19)14-7-16(23)17(24)8-15(14)21(29)26-18/h2-8,11,19,25H,9-10H2,1H3,(H,26,29)/t19-/m0/s1.